The van der Waals surface area contributed by atoms with Gasteiger partial charge in [-0.1, -0.05) is 24.1 Å². The largest absolute Gasteiger partial charge is 0.327 e. The van der Waals surface area contributed by atoms with Crippen molar-refractivity contribution >= 4 is 17.6 Å². The number of terminal acetylenes is 1. The number of nitrogens with one attached hydrogen (secondary N) is 1. The number of hydrogen-bond donors (Lipinski definition) is 1. The number of likely N-dealkylation sites (N-methyl/N-ethyl adjacent to an activating group) is 1. The van der Waals surface area contributed by atoms with E-state index in [1.165, 1.54) is 0 Å². The summed E-state index contributed by atoms with van der Waals surface area (Å²) in [6, 6.07) is 8.79. The lowest BCUT2D eigenvalue weighted by atomic mass is 10.2. The fourth-order valence-corrected chi connectivity index (χ4v) is 2.55. The predicted octanol–water partition coefficient (Wildman–Crippen LogP) is 1.46. The van der Waals surface area contributed by atoms with Crippen LogP contribution in [0.3, 0.4) is 0 Å². The van der Waals surface area contributed by atoms with Crippen molar-refractivity contribution in [2.24, 2.45) is 0 Å². The molecule has 0 radical (unpaired) electrons. The van der Waals surface area contributed by atoms with Gasteiger partial charge in [0.05, 0.1) is 6.54 Å². The minimum Gasteiger partial charge on any atom is -0.327 e. The molecule has 0 saturated carbocycles. The van der Waals surface area contributed by atoms with Crippen LogP contribution in [0.2, 0.25) is 0 Å². The molecule has 2 rings (SSSR count). The van der Waals surface area contributed by atoms with E-state index in [-0.39, 0.29) is 18.5 Å². The Morgan fingerprint density at radius 2 is 2.19 bits per heavy atom. The maximum Gasteiger partial charge on any atom is 0.318 e. The third-order valence-corrected chi connectivity index (χ3v) is 3.56. The molecule has 0 unspecified atom stereocenters. The monoisotopic (exact) mass is 285 g/mol. The van der Waals surface area contributed by atoms with Crippen LogP contribution in [-0.2, 0) is 4.79 Å². The normalized spacial score (nSPS) is 17.4. The summed E-state index contributed by atoms with van der Waals surface area (Å²) in [5, 5.41) is 2.62. The van der Waals surface area contributed by atoms with Crippen molar-refractivity contribution in [2.75, 3.05) is 24.5 Å². The Bertz CT molecular complexity index is 550. The van der Waals surface area contributed by atoms with Gasteiger partial charge in [0.15, 0.2) is 0 Å². The molecular formula is C16H19N3O2. The lowest BCUT2D eigenvalue weighted by Crippen LogP contribution is -2.49. The van der Waals surface area contributed by atoms with Gasteiger partial charge in [-0.2, -0.15) is 0 Å². The fourth-order valence-electron chi connectivity index (χ4n) is 2.55. The zero-order valence-electron chi connectivity index (χ0n) is 12.1. The van der Waals surface area contributed by atoms with Gasteiger partial charge < -0.3 is 15.1 Å². The summed E-state index contributed by atoms with van der Waals surface area (Å²) >= 11 is 0. The van der Waals surface area contributed by atoms with Crippen LogP contribution in [0.1, 0.15) is 13.3 Å². The molecule has 1 heterocycles. The summed E-state index contributed by atoms with van der Waals surface area (Å²) < 4.78 is 0. The van der Waals surface area contributed by atoms with Crippen LogP contribution in [0, 0.1) is 12.3 Å². The topological polar surface area (TPSA) is 52.7 Å². The number of rotatable bonds is 4. The highest BCUT2D eigenvalue weighted by molar-refractivity contribution is 6.01. The Labute approximate surface area is 124 Å². The summed E-state index contributed by atoms with van der Waals surface area (Å²) in [6.45, 7) is 3.11. The Morgan fingerprint density at radius 3 is 2.81 bits per heavy atom. The van der Waals surface area contributed by atoms with Crippen LogP contribution in [0.25, 0.3) is 0 Å². The van der Waals surface area contributed by atoms with Crippen molar-refractivity contribution in [1.82, 2.24) is 10.2 Å². The lowest BCUT2D eigenvalue weighted by Gasteiger charge is -2.26. The summed E-state index contributed by atoms with van der Waals surface area (Å²) in [7, 11) is 0. The second-order valence-electron chi connectivity index (χ2n) is 4.78. The van der Waals surface area contributed by atoms with Gasteiger partial charge >= 0.3 is 6.03 Å². The first-order valence-electron chi connectivity index (χ1n) is 7.03. The second-order valence-corrected chi connectivity index (χ2v) is 4.78. The van der Waals surface area contributed by atoms with E-state index in [9.17, 15) is 9.59 Å². The number of amides is 3. The fraction of sp³-hybridized carbons (Fsp3) is 0.375. The number of carbonyl (C=O) groups excluding carboxylic acids is 2. The molecule has 0 spiro atoms. The number of carbonyl (C=O) groups is 2. The average molecular weight is 285 g/mol. The first-order valence-corrected chi connectivity index (χ1v) is 7.03. The average Bonchev–Trinajstić information content (AvgIpc) is 2.89. The van der Waals surface area contributed by atoms with Crippen molar-refractivity contribution in [3.8, 4) is 12.3 Å². The molecule has 1 aromatic rings. The van der Waals surface area contributed by atoms with E-state index in [0.29, 0.717) is 19.5 Å². The van der Waals surface area contributed by atoms with E-state index in [1.807, 2.05) is 37.3 Å². The van der Waals surface area contributed by atoms with Crippen molar-refractivity contribution in [2.45, 2.75) is 19.4 Å². The van der Waals surface area contributed by atoms with Crippen LogP contribution in [0.4, 0.5) is 10.5 Å². The molecule has 5 nitrogen and oxygen atoms in total. The highest BCUT2D eigenvalue weighted by Gasteiger charge is 2.38. The zero-order valence-corrected chi connectivity index (χ0v) is 12.1. The molecule has 3 amide bonds. The first kappa shape index (κ1) is 14.9. The molecule has 1 aliphatic rings. The molecule has 21 heavy (non-hydrogen) atoms. The molecule has 1 aromatic carbocycles. The quantitative estimate of drug-likeness (QED) is 0.851. The summed E-state index contributed by atoms with van der Waals surface area (Å²) in [5.41, 5.74) is 0.866. The van der Waals surface area contributed by atoms with Gasteiger partial charge in [-0.3, -0.25) is 4.79 Å². The van der Waals surface area contributed by atoms with E-state index in [0.717, 1.165) is 5.69 Å². The van der Waals surface area contributed by atoms with E-state index in [2.05, 4.69) is 11.2 Å². The Hall–Kier alpha value is -2.48. The van der Waals surface area contributed by atoms with Crippen molar-refractivity contribution in [1.29, 1.82) is 0 Å². The molecule has 1 fully saturated rings. The molecular weight excluding hydrogens is 266 g/mol. The third-order valence-electron chi connectivity index (χ3n) is 3.56. The highest BCUT2D eigenvalue weighted by Crippen LogP contribution is 2.24. The SMILES string of the molecule is C#CCNC(=O)N(CC)[C@@H]1CCN(c2ccccc2)C1=O. The van der Waals surface area contributed by atoms with Gasteiger partial charge in [-0.15, -0.1) is 6.42 Å². The first-order chi connectivity index (χ1) is 10.2. The number of para-hydroxylation sites is 1. The molecule has 1 saturated heterocycles. The lowest BCUT2D eigenvalue weighted by molar-refractivity contribution is -0.120. The summed E-state index contributed by atoms with van der Waals surface area (Å²) in [4.78, 5) is 27.9. The number of benzene rings is 1. The molecule has 0 bridgehead atoms. The van der Waals surface area contributed by atoms with Gasteiger partial charge in [0.1, 0.15) is 6.04 Å². The Balaban J connectivity index is 2.09. The predicted molar refractivity (Wildman–Crippen MR) is 81.8 cm³/mol. The summed E-state index contributed by atoms with van der Waals surface area (Å²) in [6.07, 6.45) is 5.77. The van der Waals surface area contributed by atoms with Gasteiger partial charge in [-0.05, 0) is 25.5 Å². The summed E-state index contributed by atoms with van der Waals surface area (Å²) in [5.74, 6) is 2.32. The molecule has 0 aliphatic carbocycles. The molecule has 1 N–H and O–H groups in total. The van der Waals surface area contributed by atoms with Gasteiger partial charge in [0.2, 0.25) is 5.91 Å². The van der Waals surface area contributed by atoms with E-state index in [4.69, 9.17) is 6.42 Å². The molecule has 1 aliphatic heterocycles. The smallest absolute Gasteiger partial charge is 0.318 e. The van der Waals surface area contributed by atoms with Crippen LogP contribution in [0.5, 0.6) is 0 Å². The van der Waals surface area contributed by atoms with Crippen molar-refractivity contribution in [3.05, 3.63) is 30.3 Å². The number of urea groups is 1. The van der Waals surface area contributed by atoms with Gasteiger partial charge in [-0.25, -0.2) is 4.79 Å². The minimum atomic E-state index is -0.423. The molecule has 110 valence electrons. The van der Waals surface area contributed by atoms with Gasteiger partial charge in [0.25, 0.3) is 0 Å². The van der Waals surface area contributed by atoms with Crippen LogP contribution in [0.15, 0.2) is 30.3 Å². The zero-order chi connectivity index (χ0) is 15.2. The maximum absolute atomic E-state index is 12.5. The van der Waals surface area contributed by atoms with Crippen molar-refractivity contribution < 1.29 is 9.59 Å². The van der Waals surface area contributed by atoms with Gasteiger partial charge in [0, 0.05) is 18.8 Å². The second kappa shape index (κ2) is 6.80. The third kappa shape index (κ3) is 3.16. The number of hydrogen-bond acceptors (Lipinski definition) is 2. The molecule has 5 heteroatoms. The number of anilines is 1. The van der Waals surface area contributed by atoms with E-state index >= 15 is 0 Å². The van der Waals surface area contributed by atoms with Crippen LogP contribution >= 0.6 is 0 Å². The Morgan fingerprint density at radius 1 is 1.48 bits per heavy atom. The van der Waals surface area contributed by atoms with Crippen LogP contribution in [-0.4, -0.2) is 42.5 Å². The van der Waals surface area contributed by atoms with E-state index < -0.39 is 6.04 Å². The molecule has 0 aromatic heterocycles. The van der Waals surface area contributed by atoms with Crippen LogP contribution < -0.4 is 10.2 Å². The van der Waals surface area contributed by atoms with Crippen molar-refractivity contribution in [3.63, 3.8) is 0 Å². The Kier molecular flexibility index (Phi) is 4.83. The highest BCUT2D eigenvalue weighted by atomic mass is 16.2. The number of nitrogens with zero attached hydrogens (tertiary/aromatic N) is 2. The van der Waals surface area contributed by atoms with E-state index in [1.54, 1.807) is 9.80 Å². The molecule has 1 atom stereocenters. The minimum absolute atomic E-state index is 0.0427. The maximum atomic E-state index is 12.5. The standard InChI is InChI=1S/C16H19N3O2/c1-3-11-17-16(21)18(4-2)14-10-12-19(15(14)20)13-8-6-5-7-9-13/h1,5-9,14H,4,10-12H2,2H3,(H,17,21)/t14-/m1/s1.